The van der Waals surface area contributed by atoms with Crippen LogP contribution in [0.3, 0.4) is 0 Å². The number of ether oxygens (including phenoxy) is 2. The molecule has 0 N–H and O–H groups in total. The summed E-state index contributed by atoms with van der Waals surface area (Å²) in [4.78, 5) is 67.7. The molecule has 36 heavy (non-hydrogen) atoms. The summed E-state index contributed by atoms with van der Waals surface area (Å²) >= 11 is 0. The number of piperazine rings is 1. The summed E-state index contributed by atoms with van der Waals surface area (Å²) in [5.41, 5.74) is 1.19. The Balaban J connectivity index is 1.42. The van der Waals surface area contributed by atoms with E-state index in [-0.39, 0.29) is 37.2 Å². The lowest BCUT2D eigenvalue weighted by Gasteiger charge is -2.34. The van der Waals surface area contributed by atoms with E-state index in [1.165, 1.54) is 9.80 Å². The standard InChI is InChI=1S/C26H27N3O7/c1-2-35-26(34)28-14-12-27(13-15-28)22(30)17-36-25(33)21(16-18-8-4-3-5-9-18)29-23(31)19-10-6-7-11-20(19)24(29)32/h3-11,21H,2,12-17H2,1H3. The Hall–Kier alpha value is -4.21. The molecule has 0 radical (unpaired) electrons. The highest BCUT2D eigenvalue weighted by molar-refractivity contribution is 6.22. The second kappa shape index (κ2) is 11.0. The summed E-state index contributed by atoms with van der Waals surface area (Å²) in [5, 5.41) is 0. The van der Waals surface area contributed by atoms with Crippen molar-refractivity contribution in [3.05, 3.63) is 71.3 Å². The van der Waals surface area contributed by atoms with E-state index in [0.29, 0.717) is 13.1 Å². The van der Waals surface area contributed by atoms with E-state index >= 15 is 0 Å². The molecule has 1 unspecified atom stereocenters. The molecule has 4 rings (SSSR count). The summed E-state index contributed by atoms with van der Waals surface area (Å²) in [5.74, 6) is -2.41. The van der Waals surface area contributed by atoms with Gasteiger partial charge in [-0.1, -0.05) is 42.5 Å². The monoisotopic (exact) mass is 493 g/mol. The number of rotatable bonds is 7. The van der Waals surface area contributed by atoms with E-state index in [1.807, 2.05) is 6.07 Å². The minimum Gasteiger partial charge on any atom is -0.454 e. The van der Waals surface area contributed by atoms with E-state index in [4.69, 9.17) is 9.47 Å². The molecule has 4 amide bonds. The van der Waals surface area contributed by atoms with Gasteiger partial charge in [0.05, 0.1) is 17.7 Å². The van der Waals surface area contributed by atoms with Crippen LogP contribution in [0, 0.1) is 0 Å². The van der Waals surface area contributed by atoms with E-state index in [0.717, 1.165) is 10.5 Å². The number of carbonyl (C=O) groups excluding carboxylic acids is 5. The largest absolute Gasteiger partial charge is 0.454 e. The third-order valence-corrected chi connectivity index (χ3v) is 6.18. The zero-order chi connectivity index (χ0) is 25.7. The summed E-state index contributed by atoms with van der Waals surface area (Å²) in [7, 11) is 0. The van der Waals surface area contributed by atoms with Gasteiger partial charge in [-0.2, -0.15) is 0 Å². The molecule has 2 aromatic rings. The van der Waals surface area contributed by atoms with Gasteiger partial charge in [0.15, 0.2) is 6.61 Å². The summed E-state index contributed by atoms with van der Waals surface area (Å²) in [6, 6.07) is 14.1. The topological polar surface area (TPSA) is 114 Å². The predicted octanol–water partition coefficient (Wildman–Crippen LogP) is 1.74. The zero-order valence-corrected chi connectivity index (χ0v) is 19.9. The van der Waals surface area contributed by atoms with Gasteiger partial charge < -0.3 is 19.3 Å². The third-order valence-electron chi connectivity index (χ3n) is 6.18. The second-order valence-corrected chi connectivity index (χ2v) is 8.41. The van der Waals surface area contributed by atoms with Crippen LogP contribution in [-0.2, 0) is 25.5 Å². The van der Waals surface area contributed by atoms with Crippen molar-refractivity contribution < 1.29 is 33.4 Å². The quantitative estimate of drug-likeness (QED) is 0.426. The average molecular weight is 494 g/mol. The molecular weight excluding hydrogens is 466 g/mol. The van der Waals surface area contributed by atoms with Gasteiger partial charge in [-0.3, -0.25) is 19.3 Å². The van der Waals surface area contributed by atoms with Crippen molar-refractivity contribution in [2.75, 3.05) is 39.4 Å². The average Bonchev–Trinajstić information content (AvgIpc) is 3.16. The first-order valence-electron chi connectivity index (χ1n) is 11.8. The number of esters is 1. The molecule has 2 aliphatic heterocycles. The van der Waals surface area contributed by atoms with Crippen LogP contribution in [0.1, 0.15) is 33.2 Å². The molecule has 1 saturated heterocycles. The molecule has 10 heteroatoms. The summed E-state index contributed by atoms with van der Waals surface area (Å²) < 4.78 is 10.3. The maximum Gasteiger partial charge on any atom is 0.409 e. The summed E-state index contributed by atoms with van der Waals surface area (Å²) in [6.45, 7) is 2.63. The van der Waals surface area contributed by atoms with Gasteiger partial charge in [-0.25, -0.2) is 9.59 Å². The Labute approximate surface area is 208 Å². The van der Waals surface area contributed by atoms with Crippen LogP contribution in [0.15, 0.2) is 54.6 Å². The Morgan fingerprint density at radius 3 is 1.94 bits per heavy atom. The van der Waals surface area contributed by atoms with Crippen LogP contribution in [0.4, 0.5) is 4.79 Å². The highest BCUT2D eigenvalue weighted by Crippen LogP contribution is 2.26. The number of hydrogen-bond acceptors (Lipinski definition) is 7. The van der Waals surface area contributed by atoms with Gasteiger partial charge in [-0.15, -0.1) is 0 Å². The minimum absolute atomic E-state index is 0.0531. The first-order chi connectivity index (χ1) is 17.4. The fraction of sp³-hybridized carbons (Fsp3) is 0.346. The van der Waals surface area contributed by atoms with Crippen LogP contribution in [-0.4, -0.2) is 89.9 Å². The number of nitrogens with zero attached hydrogens (tertiary/aromatic N) is 3. The molecular formula is C26H27N3O7. The van der Waals surface area contributed by atoms with Crippen molar-refractivity contribution in [1.29, 1.82) is 0 Å². The fourth-order valence-electron chi connectivity index (χ4n) is 4.28. The van der Waals surface area contributed by atoms with Crippen molar-refractivity contribution in [3.8, 4) is 0 Å². The van der Waals surface area contributed by atoms with Crippen LogP contribution in [0.25, 0.3) is 0 Å². The fourth-order valence-corrected chi connectivity index (χ4v) is 4.28. The third kappa shape index (κ3) is 5.22. The van der Waals surface area contributed by atoms with Crippen molar-refractivity contribution in [2.24, 2.45) is 0 Å². The Bertz CT molecular complexity index is 1120. The number of amides is 4. The van der Waals surface area contributed by atoms with E-state index < -0.39 is 42.4 Å². The zero-order valence-electron chi connectivity index (χ0n) is 19.9. The first kappa shape index (κ1) is 24.9. The molecule has 0 aromatic heterocycles. The van der Waals surface area contributed by atoms with Crippen LogP contribution in [0.5, 0.6) is 0 Å². The molecule has 1 fully saturated rings. The molecule has 1 atom stereocenters. The molecule has 0 bridgehead atoms. The van der Waals surface area contributed by atoms with Crippen LogP contribution in [0.2, 0.25) is 0 Å². The number of imide groups is 1. The number of fused-ring (bicyclic) bond motifs is 1. The molecule has 0 aliphatic carbocycles. The van der Waals surface area contributed by atoms with Crippen molar-refractivity contribution >= 4 is 29.8 Å². The smallest absolute Gasteiger partial charge is 0.409 e. The maximum atomic E-state index is 13.2. The summed E-state index contributed by atoms with van der Waals surface area (Å²) in [6.07, 6.45) is -0.377. The predicted molar refractivity (Wildman–Crippen MR) is 127 cm³/mol. The van der Waals surface area contributed by atoms with Crippen LogP contribution < -0.4 is 0 Å². The lowest BCUT2D eigenvalue weighted by Crippen LogP contribution is -2.52. The second-order valence-electron chi connectivity index (χ2n) is 8.41. The van der Waals surface area contributed by atoms with E-state index in [9.17, 15) is 24.0 Å². The maximum absolute atomic E-state index is 13.2. The molecule has 0 spiro atoms. The first-order valence-corrected chi connectivity index (χ1v) is 11.8. The molecule has 2 aliphatic rings. The Kier molecular flexibility index (Phi) is 7.62. The van der Waals surface area contributed by atoms with Crippen molar-refractivity contribution in [3.63, 3.8) is 0 Å². The molecule has 188 valence electrons. The lowest BCUT2D eigenvalue weighted by atomic mass is 10.0. The molecule has 0 saturated carbocycles. The van der Waals surface area contributed by atoms with E-state index in [1.54, 1.807) is 55.5 Å². The van der Waals surface area contributed by atoms with Crippen molar-refractivity contribution in [1.82, 2.24) is 14.7 Å². The number of benzene rings is 2. The lowest BCUT2D eigenvalue weighted by molar-refractivity contribution is -0.155. The van der Waals surface area contributed by atoms with Gasteiger partial charge in [-0.05, 0) is 24.6 Å². The molecule has 2 aromatic carbocycles. The van der Waals surface area contributed by atoms with Gasteiger partial charge in [0.25, 0.3) is 17.7 Å². The molecule has 2 heterocycles. The van der Waals surface area contributed by atoms with Gasteiger partial charge in [0, 0.05) is 32.6 Å². The van der Waals surface area contributed by atoms with Gasteiger partial charge in [0.1, 0.15) is 6.04 Å². The van der Waals surface area contributed by atoms with Gasteiger partial charge in [0.2, 0.25) is 0 Å². The number of hydrogen-bond donors (Lipinski definition) is 0. The van der Waals surface area contributed by atoms with Crippen molar-refractivity contribution in [2.45, 2.75) is 19.4 Å². The highest BCUT2D eigenvalue weighted by Gasteiger charge is 2.43. The number of carbonyl (C=O) groups is 5. The Morgan fingerprint density at radius 1 is 0.806 bits per heavy atom. The normalized spacial score (nSPS) is 16.0. The van der Waals surface area contributed by atoms with Crippen LogP contribution >= 0.6 is 0 Å². The SMILES string of the molecule is CCOC(=O)N1CCN(C(=O)COC(=O)C(Cc2ccccc2)N2C(=O)c3ccccc3C2=O)CC1. The Morgan fingerprint density at radius 2 is 1.36 bits per heavy atom. The highest BCUT2D eigenvalue weighted by atomic mass is 16.6. The van der Waals surface area contributed by atoms with E-state index in [2.05, 4.69) is 0 Å². The molecule has 10 nitrogen and oxygen atoms in total. The van der Waals surface area contributed by atoms with Gasteiger partial charge >= 0.3 is 12.1 Å². The minimum atomic E-state index is -1.23.